The number of methoxy groups -OCH3 is 1. The molecule has 1 atom stereocenters. The van der Waals surface area contributed by atoms with E-state index < -0.39 is 0 Å². The van der Waals surface area contributed by atoms with Gasteiger partial charge >= 0.3 is 0 Å². The van der Waals surface area contributed by atoms with E-state index in [1.807, 2.05) is 0 Å². The quantitative estimate of drug-likeness (QED) is 0.721. The molecule has 0 saturated heterocycles. The van der Waals surface area contributed by atoms with Crippen LogP contribution >= 0.6 is 0 Å². The molecule has 0 spiro atoms. The Morgan fingerprint density at radius 3 is 2.82 bits per heavy atom. The summed E-state index contributed by atoms with van der Waals surface area (Å²) < 4.78 is 5.05. The third kappa shape index (κ3) is 3.77. The van der Waals surface area contributed by atoms with E-state index in [1.165, 1.54) is 20.0 Å². The molecule has 1 aliphatic rings. The van der Waals surface area contributed by atoms with Gasteiger partial charge in [0.2, 0.25) is 11.8 Å². The summed E-state index contributed by atoms with van der Waals surface area (Å²) in [7, 11) is 1.48. The van der Waals surface area contributed by atoms with Gasteiger partial charge in [0.25, 0.3) is 0 Å². The van der Waals surface area contributed by atoms with Gasteiger partial charge in [-0.05, 0) is 6.42 Å². The fourth-order valence-corrected chi connectivity index (χ4v) is 2.12. The molecule has 17 heavy (non-hydrogen) atoms. The second-order valence-electron chi connectivity index (χ2n) is 4.36. The van der Waals surface area contributed by atoms with Crippen molar-refractivity contribution in [3.05, 3.63) is 11.5 Å². The van der Waals surface area contributed by atoms with Gasteiger partial charge in [0.1, 0.15) is 6.07 Å². The minimum atomic E-state index is -0.0543. The Hall–Kier alpha value is -1.50. The van der Waals surface area contributed by atoms with Crippen LogP contribution in [0, 0.1) is 17.2 Å². The fraction of sp³-hybridized carbons (Fsp3) is 0.692. The lowest BCUT2D eigenvalue weighted by atomic mass is 9.88. The lowest BCUT2D eigenvalue weighted by molar-refractivity contribution is -0.122. The Labute approximate surface area is 103 Å². The van der Waals surface area contributed by atoms with Crippen molar-refractivity contribution >= 4 is 5.91 Å². The number of unbranched alkanes of at least 4 members (excludes halogenated alkanes) is 3. The zero-order valence-electron chi connectivity index (χ0n) is 10.6. The first-order chi connectivity index (χ1) is 8.22. The summed E-state index contributed by atoms with van der Waals surface area (Å²) in [6, 6.07) is 2.16. The van der Waals surface area contributed by atoms with Crippen LogP contribution < -0.4 is 5.32 Å². The molecule has 0 saturated carbocycles. The number of allylic oxidation sites excluding steroid dienone is 1. The maximum atomic E-state index is 11.5. The highest BCUT2D eigenvalue weighted by Gasteiger charge is 2.28. The number of nitrogens with zero attached hydrogens (tertiary/aromatic N) is 1. The molecule has 1 aliphatic heterocycles. The second-order valence-corrected chi connectivity index (χ2v) is 4.36. The van der Waals surface area contributed by atoms with Crippen molar-refractivity contribution in [2.75, 3.05) is 7.11 Å². The van der Waals surface area contributed by atoms with E-state index in [9.17, 15) is 4.79 Å². The summed E-state index contributed by atoms with van der Waals surface area (Å²) in [5.41, 5.74) is 0.587. The van der Waals surface area contributed by atoms with Crippen LogP contribution in [0.2, 0.25) is 0 Å². The van der Waals surface area contributed by atoms with E-state index in [-0.39, 0.29) is 11.8 Å². The molecule has 0 aromatic carbocycles. The molecule has 0 aliphatic carbocycles. The minimum Gasteiger partial charge on any atom is -0.482 e. The molecule has 1 amide bonds. The van der Waals surface area contributed by atoms with Gasteiger partial charge in [0.05, 0.1) is 12.7 Å². The number of nitrogens with one attached hydrogen (secondary N) is 1. The fourth-order valence-electron chi connectivity index (χ4n) is 2.12. The number of rotatable bonds is 6. The molecule has 94 valence electrons. The number of hydrogen-bond acceptors (Lipinski definition) is 3. The van der Waals surface area contributed by atoms with Crippen molar-refractivity contribution in [3.63, 3.8) is 0 Å². The van der Waals surface area contributed by atoms with Gasteiger partial charge in [-0.1, -0.05) is 32.6 Å². The number of hydrogen-bond donors (Lipinski definition) is 1. The van der Waals surface area contributed by atoms with Crippen LogP contribution in [0.5, 0.6) is 0 Å². The van der Waals surface area contributed by atoms with Crippen molar-refractivity contribution in [1.29, 1.82) is 5.26 Å². The zero-order valence-corrected chi connectivity index (χ0v) is 10.6. The highest BCUT2D eigenvalue weighted by atomic mass is 16.5. The summed E-state index contributed by atoms with van der Waals surface area (Å²) in [5.74, 6) is 0.311. The number of carbonyl (C=O) groups excluding carboxylic acids is 1. The summed E-state index contributed by atoms with van der Waals surface area (Å²) >= 11 is 0. The molecule has 4 heteroatoms. The second kappa shape index (κ2) is 6.95. The Kier molecular flexibility index (Phi) is 5.55. The predicted molar refractivity (Wildman–Crippen MR) is 64.7 cm³/mol. The molecule has 1 N–H and O–H groups in total. The third-order valence-corrected chi connectivity index (χ3v) is 3.07. The molecular weight excluding hydrogens is 216 g/mol. The Bertz CT molecular complexity index is 342. The van der Waals surface area contributed by atoms with Gasteiger partial charge in [0, 0.05) is 12.3 Å². The van der Waals surface area contributed by atoms with E-state index in [2.05, 4.69) is 18.3 Å². The molecule has 0 radical (unpaired) electrons. The van der Waals surface area contributed by atoms with E-state index >= 15 is 0 Å². The summed E-state index contributed by atoms with van der Waals surface area (Å²) in [6.07, 6.45) is 5.92. The maximum absolute atomic E-state index is 11.5. The SMILES string of the molecule is CCCCCCC1CC(=O)NC(OC)=C1C#N. The van der Waals surface area contributed by atoms with Crippen LogP contribution in [-0.2, 0) is 9.53 Å². The van der Waals surface area contributed by atoms with Crippen LogP contribution in [-0.4, -0.2) is 13.0 Å². The van der Waals surface area contributed by atoms with Gasteiger partial charge < -0.3 is 4.74 Å². The molecule has 0 aromatic rings. The first kappa shape index (κ1) is 13.6. The normalized spacial score (nSPS) is 19.8. The minimum absolute atomic E-state index is 0.0283. The Balaban J connectivity index is 2.62. The molecule has 1 rings (SSSR count). The standard InChI is InChI=1S/C13H20N2O2/c1-3-4-5-6-7-10-8-12(16)15-13(17-2)11(10)9-14/h10H,3-8H2,1-2H3,(H,15,16). The first-order valence-corrected chi connectivity index (χ1v) is 6.21. The van der Waals surface area contributed by atoms with Crippen LogP contribution in [0.4, 0.5) is 0 Å². The van der Waals surface area contributed by atoms with Gasteiger partial charge in [-0.2, -0.15) is 5.26 Å². The molecule has 4 nitrogen and oxygen atoms in total. The monoisotopic (exact) mass is 236 g/mol. The third-order valence-electron chi connectivity index (χ3n) is 3.07. The molecule has 0 aromatic heterocycles. The van der Waals surface area contributed by atoms with E-state index in [0.29, 0.717) is 17.9 Å². The van der Waals surface area contributed by atoms with Crippen LogP contribution in [0.3, 0.4) is 0 Å². The van der Waals surface area contributed by atoms with Crippen molar-refractivity contribution in [1.82, 2.24) is 5.32 Å². The first-order valence-electron chi connectivity index (χ1n) is 6.21. The topological polar surface area (TPSA) is 62.1 Å². The van der Waals surface area contributed by atoms with Crippen LogP contribution in [0.1, 0.15) is 45.4 Å². The number of ether oxygens (including phenoxy) is 1. The van der Waals surface area contributed by atoms with Crippen LogP contribution in [0.15, 0.2) is 11.5 Å². The van der Waals surface area contributed by atoms with Crippen molar-refractivity contribution < 1.29 is 9.53 Å². The average molecular weight is 236 g/mol. The van der Waals surface area contributed by atoms with E-state index in [1.54, 1.807) is 0 Å². The average Bonchev–Trinajstić information content (AvgIpc) is 2.33. The van der Waals surface area contributed by atoms with Crippen molar-refractivity contribution in [2.24, 2.45) is 5.92 Å². The van der Waals surface area contributed by atoms with Crippen LogP contribution in [0.25, 0.3) is 0 Å². The number of amides is 1. The Morgan fingerprint density at radius 1 is 1.47 bits per heavy atom. The maximum Gasteiger partial charge on any atom is 0.227 e. The van der Waals surface area contributed by atoms with Gasteiger partial charge in [-0.3, -0.25) is 10.1 Å². The van der Waals surface area contributed by atoms with Gasteiger partial charge in [-0.25, -0.2) is 0 Å². The molecule has 1 heterocycles. The number of nitriles is 1. The smallest absolute Gasteiger partial charge is 0.227 e. The van der Waals surface area contributed by atoms with E-state index in [4.69, 9.17) is 10.00 Å². The number of carbonyl (C=O) groups is 1. The lowest BCUT2D eigenvalue weighted by Gasteiger charge is -2.23. The largest absolute Gasteiger partial charge is 0.482 e. The molecule has 0 fully saturated rings. The van der Waals surface area contributed by atoms with Gasteiger partial charge in [0.15, 0.2) is 0 Å². The molecular formula is C13H20N2O2. The highest BCUT2D eigenvalue weighted by Crippen LogP contribution is 2.27. The molecule has 1 unspecified atom stereocenters. The summed E-state index contributed by atoms with van der Waals surface area (Å²) in [6.45, 7) is 2.16. The van der Waals surface area contributed by atoms with E-state index in [0.717, 1.165) is 19.3 Å². The molecule has 0 bridgehead atoms. The predicted octanol–water partition coefficient (Wildman–Crippen LogP) is 2.47. The van der Waals surface area contributed by atoms with Crippen molar-refractivity contribution in [3.8, 4) is 6.07 Å². The highest BCUT2D eigenvalue weighted by molar-refractivity contribution is 5.80. The lowest BCUT2D eigenvalue weighted by Crippen LogP contribution is -2.33. The Morgan fingerprint density at radius 2 is 2.24 bits per heavy atom. The summed E-state index contributed by atoms with van der Waals surface area (Å²) in [5, 5.41) is 11.7. The summed E-state index contributed by atoms with van der Waals surface area (Å²) in [4.78, 5) is 11.5. The van der Waals surface area contributed by atoms with Crippen molar-refractivity contribution in [2.45, 2.75) is 45.4 Å². The zero-order chi connectivity index (χ0) is 12.7. The van der Waals surface area contributed by atoms with Gasteiger partial charge in [-0.15, -0.1) is 0 Å².